The predicted molar refractivity (Wildman–Crippen MR) is 152 cm³/mol. The van der Waals surface area contributed by atoms with Gasteiger partial charge in [0, 0.05) is 23.6 Å². The van der Waals surface area contributed by atoms with Crippen LogP contribution in [0.5, 0.6) is 0 Å². The van der Waals surface area contributed by atoms with Gasteiger partial charge in [0.25, 0.3) is 5.91 Å². The first-order valence-electron chi connectivity index (χ1n) is 13.8. The van der Waals surface area contributed by atoms with Crippen LogP contribution in [0.4, 0.5) is 0 Å². The second kappa shape index (κ2) is 11.3. The summed E-state index contributed by atoms with van der Waals surface area (Å²) in [5.41, 5.74) is 3.27. The number of nitrogens with zero attached hydrogens (tertiary/aromatic N) is 1. The molecule has 0 spiro atoms. The number of aryl methyl sites for hydroxylation is 2. The van der Waals surface area contributed by atoms with Crippen molar-refractivity contribution in [3.8, 4) is 11.8 Å². The second-order valence-corrected chi connectivity index (χ2v) is 11.4. The first-order valence-corrected chi connectivity index (χ1v) is 13.8. The summed E-state index contributed by atoms with van der Waals surface area (Å²) in [6.45, 7) is 11.4. The molecule has 0 bridgehead atoms. The lowest BCUT2D eigenvalue weighted by molar-refractivity contribution is -0.147. The molecule has 38 heavy (non-hydrogen) atoms. The number of carbonyl (C=O) groups is 2. The minimum absolute atomic E-state index is 0.239. The average molecular weight is 518 g/mol. The van der Waals surface area contributed by atoms with Crippen LogP contribution in [0.2, 0.25) is 0 Å². The fourth-order valence-corrected chi connectivity index (χ4v) is 5.56. The maximum atomic E-state index is 13.2. The van der Waals surface area contributed by atoms with Gasteiger partial charge in [-0.2, -0.15) is 0 Å². The van der Waals surface area contributed by atoms with Crippen LogP contribution in [-0.4, -0.2) is 45.2 Å². The monoisotopic (exact) mass is 517 g/mol. The van der Waals surface area contributed by atoms with E-state index in [1.165, 1.54) is 37.8 Å². The standard InChI is InChI=1S/C33H43NO4/c1-8-33(9-2,26-14-13-25(23(3)21-26)17-20-32(38)18-11-10-12-19-32)27-15-16-28(24(4)22-27)29(35)34(7)31(5,6)30(36)37/h13-16,21-22,38H,8-12,18-19H2,1-7H3,(H,36,37). The van der Waals surface area contributed by atoms with Crippen LogP contribution in [0.3, 0.4) is 0 Å². The Bertz CT molecular complexity index is 1250. The Morgan fingerprint density at radius 2 is 1.50 bits per heavy atom. The SMILES string of the molecule is CCC(CC)(c1ccc(C#CC2(O)CCCCC2)c(C)c1)c1ccc(C(=O)N(C)C(C)(C)C(=O)O)c(C)c1. The minimum atomic E-state index is -1.31. The van der Waals surface area contributed by atoms with Gasteiger partial charge in [-0.15, -0.1) is 0 Å². The Kier molecular flexibility index (Phi) is 8.79. The molecule has 5 heteroatoms. The van der Waals surface area contributed by atoms with Crippen molar-refractivity contribution in [1.29, 1.82) is 0 Å². The van der Waals surface area contributed by atoms with Crippen LogP contribution in [0.1, 0.15) is 111 Å². The van der Waals surface area contributed by atoms with Crippen LogP contribution in [0.25, 0.3) is 0 Å². The molecule has 1 aliphatic rings. The van der Waals surface area contributed by atoms with E-state index in [1.807, 2.05) is 19.1 Å². The smallest absolute Gasteiger partial charge is 0.329 e. The zero-order valence-corrected chi connectivity index (χ0v) is 24.1. The number of benzene rings is 2. The van der Waals surface area contributed by atoms with Crippen molar-refractivity contribution in [2.45, 2.75) is 103 Å². The number of aliphatic carboxylic acids is 1. The summed E-state index contributed by atoms with van der Waals surface area (Å²) in [6, 6.07) is 12.3. The van der Waals surface area contributed by atoms with Crippen molar-refractivity contribution >= 4 is 11.9 Å². The highest BCUT2D eigenvalue weighted by atomic mass is 16.4. The molecule has 1 amide bonds. The van der Waals surface area contributed by atoms with Crippen LogP contribution in [0, 0.1) is 25.7 Å². The van der Waals surface area contributed by atoms with Crippen LogP contribution in [0.15, 0.2) is 36.4 Å². The number of likely N-dealkylation sites (N-methyl/N-ethyl adjacent to an activating group) is 1. The lowest BCUT2D eigenvalue weighted by Crippen LogP contribution is -2.50. The molecule has 0 atom stereocenters. The van der Waals surface area contributed by atoms with Crippen molar-refractivity contribution in [3.05, 3.63) is 69.8 Å². The van der Waals surface area contributed by atoms with E-state index < -0.39 is 17.1 Å². The molecule has 5 nitrogen and oxygen atoms in total. The first kappa shape index (κ1) is 29.5. The summed E-state index contributed by atoms with van der Waals surface area (Å²) >= 11 is 0. The number of carboxylic acid groups (broad SMARTS) is 1. The third kappa shape index (κ3) is 5.66. The van der Waals surface area contributed by atoms with E-state index in [-0.39, 0.29) is 11.3 Å². The topological polar surface area (TPSA) is 77.8 Å². The molecule has 0 heterocycles. The van der Waals surface area contributed by atoms with Gasteiger partial charge in [-0.05, 0) is 101 Å². The van der Waals surface area contributed by atoms with Crippen LogP contribution >= 0.6 is 0 Å². The number of carbonyl (C=O) groups excluding carboxylic acids is 1. The van der Waals surface area contributed by atoms with Gasteiger partial charge < -0.3 is 15.1 Å². The molecular weight excluding hydrogens is 474 g/mol. The highest BCUT2D eigenvalue weighted by Gasteiger charge is 2.37. The number of aliphatic hydroxyl groups is 1. The minimum Gasteiger partial charge on any atom is -0.480 e. The molecule has 1 aliphatic carbocycles. The highest BCUT2D eigenvalue weighted by Crippen LogP contribution is 2.40. The Hall–Kier alpha value is -3.10. The first-order chi connectivity index (χ1) is 17.8. The third-order valence-electron chi connectivity index (χ3n) is 8.77. The number of amides is 1. The molecule has 0 unspecified atom stereocenters. The van der Waals surface area contributed by atoms with Gasteiger partial charge in [0.2, 0.25) is 0 Å². The lowest BCUT2D eigenvalue weighted by atomic mass is 9.69. The van der Waals surface area contributed by atoms with E-state index >= 15 is 0 Å². The van der Waals surface area contributed by atoms with E-state index in [1.54, 1.807) is 0 Å². The third-order valence-corrected chi connectivity index (χ3v) is 8.77. The molecule has 0 saturated heterocycles. The van der Waals surface area contributed by atoms with Gasteiger partial charge in [0.05, 0.1) is 0 Å². The molecule has 0 radical (unpaired) electrons. The molecule has 2 aromatic rings. The molecule has 0 aromatic heterocycles. The van der Waals surface area contributed by atoms with Crippen molar-refractivity contribution < 1.29 is 19.8 Å². The predicted octanol–water partition coefficient (Wildman–Crippen LogP) is 6.39. The van der Waals surface area contributed by atoms with E-state index in [2.05, 4.69) is 56.9 Å². The van der Waals surface area contributed by atoms with E-state index in [0.717, 1.165) is 60.8 Å². The van der Waals surface area contributed by atoms with Crippen LogP contribution in [-0.2, 0) is 10.2 Å². The summed E-state index contributed by atoms with van der Waals surface area (Å²) in [7, 11) is 1.53. The van der Waals surface area contributed by atoms with E-state index in [0.29, 0.717) is 5.56 Å². The maximum absolute atomic E-state index is 13.2. The Balaban J connectivity index is 1.96. The van der Waals surface area contributed by atoms with Gasteiger partial charge in [0.15, 0.2) is 0 Å². The summed E-state index contributed by atoms with van der Waals surface area (Å²) in [4.78, 5) is 26.2. The second-order valence-electron chi connectivity index (χ2n) is 11.4. The van der Waals surface area contributed by atoms with Gasteiger partial charge in [-0.3, -0.25) is 4.79 Å². The maximum Gasteiger partial charge on any atom is 0.329 e. The van der Waals surface area contributed by atoms with Crippen molar-refractivity contribution in [1.82, 2.24) is 4.90 Å². The summed E-state index contributed by atoms with van der Waals surface area (Å²) in [5, 5.41) is 20.4. The van der Waals surface area contributed by atoms with Gasteiger partial charge in [-0.25, -0.2) is 4.79 Å². The molecule has 204 valence electrons. The number of carboxylic acids is 1. The van der Waals surface area contributed by atoms with Gasteiger partial charge >= 0.3 is 5.97 Å². The number of rotatable bonds is 7. The van der Waals surface area contributed by atoms with E-state index in [9.17, 15) is 19.8 Å². The fourth-order valence-electron chi connectivity index (χ4n) is 5.56. The Morgan fingerprint density at radius 1 is 0.947 bits per heavy atom. The zero-order chi connectivity index (χ0) is 28.3. The van der Waals surface area contributed by atoms with Gasteiger partial charge in [-0.1, -0.05) is 56.4 Å². The molecule has 1 saturated carbocycles. The molecule has 1 fully saturated rings. The summed E-state index contributed by atoms with van der Waals surface area (Å²) < 4.78 is 0. The number of hydrogen-bond donors (Lipinski definition) is 2. The summed E-state index contributed by atoms with van der Waals surface area (Å²) in [6.07, 6.45) is 6.46. The average Bonchev–Trinajstić information content (AvgIpc) is 2.89. The fraction of sp³-hybridized carbons (Fsp3) is 0.515. The molecule has 2 N–H and O–H groups in total. The van der Waals surface area contributed by atoms with E-state index in [4.69, 9.17) is 0 Å². The highest BCUT2D eigenvalue weighted by molar-refractivity contribution is 5.98. The van der Waals surface area contributed by atoms with Crippen molar-refractivity contribution in [2.75, 3.05) is 7.05 Å². The Morgan fingerprint density at radius 3 is 2.00 bits per heavy atom. The number of hydrogen-bond acceptors (Lipinski definition) is 3. The zero-order valence-electron chi connectivity index (χ0n) is 24.1. The summed E-state index contributed by atoms with van der Waals surface area (Å²) in [5.74, 6) is 5.06. The Labute approximate surface area is 228 Å². The lowest BCUT2D eigenvalue weighted by Gasteiger charge is -2.35. The van der Waals surface area contributed by atoms with Crippen molar-refractivity contribution in [3.63, 3.8) is 0 Å². The molecule has 3 rings (SSSR count). The van der Waals surface area contributed by atoms with Crippen LogP contribution < -0.4 is 0 Å². The quantitative estimate of drug-likeness (QED) is 0.417. The molecule has 2 aromatic carbocycles. The normalized spacial score (nSPS) is 15.4. The van der Waals surface area contributed by atoms with Gasteiger partial charge in [0.1, 0.15) is 11.1 Å². The largest absolute Gasteiger partial charge is 0.480 e. The van der Waals surface area contributed by atoms with Crippen molar-refractivity contribution in [2.24, 2.45) is 0 Å². The molecular formula is C33H43NO4. The molecule has 0 aliphatic heterocycles.